The summed E-state index contributed by atoms with van der Waals surface area (Å²) in [5, 5.41) is 11.0. The van der Waals surface area contributed by atoms with Crippen molar-refractivity contribution in [2.75, 3.05) is 5.32 Å². The summed E-state index contributed by atoms with van der Waals surface area (Å²) >= 11 is 12.3. The first-order chi connectivity index (χ1) is 13.9. The Morgan fingerprint density at radius 2 is 1.93 bits per heavy atom. The van der Waals surface area contributed by atoms with Crippen molar-refractivity contribution in [1.82, 2.24) is 19.6 Å². The first-order valence-electron chi connectivity index (χ1n) is 9.03. The lowest BCUT2D eigenvalue weighted by atomic mass is 10.2. The number of amides is 1. The van der Waals surface area contributed by atoms with Gasteiger partial charge in [0.1, 0.15) is 17.3 Å². The summed E-state index contributed by atoms with van der Waals surface area (Å²) in [7, 11) is 0. The van der Waals surface area contributed by atoms with Crippen LogP contribution in [-0.4, -0.2) is 25.5 Å². The van der Waals surface area contributed by atoms with Gasteiger partial charge in [0.25, 0.3) is 6.43 Å². The first-order valence-corrected chi connectivity index (χ1v) is 9.79. The van der Waals surface area contributed by atoms with Gasteiger partial charge in [-0.15, -0.1) is 0 Å². The van der Waals surface area contributed by atoms with Crippen molar-refractivity contribution in [2.45, 2.75) is 38.3 Å². The van der Waals surface area contributed by atoms with E-state index in [1.807, 2.05) is 30.3 Å². The van der Waals surface area contributed by atoms with Crippen LogP contribution in [0.5, 0.6) is 0 Å². The Kier molecular flexibility index (Phi) is 5.56. The molecule has 1 fully saturated rings. The fourth-order valence-electron chi connectivity index (χ4n) is 3.12. The third-order valence-corrected chi connectivity index (χ3v) is 5.25. The zero-order valence-corrected chi connectivity index (χ0v) is 16.7. The minimum atomic E-state index is -2.80. The van der Waals surface area contributed by atoms with Crippen LogP contribution < -0.4 is 5.32 Å². The zero-order chi connectivity index (χ0) is 20.5. The van der Waals surface area contributed by atoms with Crippen LogP contribution in [0.4, 0.5) is 14.6 Å². The molecule has 3 aromatic rings. The standard InChI is InChI=1S/C19H17Cl2F2N5O/c20-13-9-27(8-11-4-2-1-3-5-11)26-19(13)24-14(29)10-28-17(12-6-7-12)15(21)16(25-28)18(22)23/h1-5,9,12,18H,6-8,10H2,(H,24,26,29). The van der Waals surface area contributed by atoms with E-state index in [-0.39, 0.29) is 28.3 Å². The molecular formula is C19H17Cl2F2N5O. The van der Waals surface area contributed by atoms with Gasteiger partial charge in [-0.2, -0.15) is 10.2 Å². The Morgan fingerprint density at radius 1 is 1.21 bits per heavy atom. The van der Waals surface area contributed by atoms with Gasteiger partial charge in [-0.05, 0) is 18.4 Å². The van der Waals surface area contributed by atoms with Crippen LogP contribution in [-0.2, 0) is 17.9 Å². The number of nitrogens with one attached hydrogen (secondary N) is 1. The number of halogens is 4. The lowest BCUT2D eigenvalue weighted by molar-refractivity contribution is -0.117. The van der Waals surface area contributed by atoms with Gasteiger partial charge in [0.05, 0.1) is 17.3 Å². The van der Waals surface area contributed by atoms with Crippen molar-refractivity contribution in [3.63, 3.8) is 0 Å². The highest BCUT2D eigenvalue weighted by Gasteiger charge is 2.34. The molecule has 1 aromatic carbocycles. The molecule has 1 aliphatic carbocycles. The minimum absolute atomic E-state index is 0.0551. The zero-order valence-electron chi connectivity index (χ0n) is 15.2. The van der Waals surface area contributed by atoms with E-state index in [1.54, 1.807) is 10.9 Å². The predicted octanol–water partition coefficient (Wildman–Crippen LogP) is 4.89. The van der Waals surface area contributed by atoms with Crippen LogP contribution >= 0.6 is 23.2 Å². The van der Waals surface area contributed by atoms with Crippen LogP contribution in [0.3, 0.4) is 0 Å². The summed E-state index contributed by atoms with van der Waals surface area (Å²) in [4.78, 5) is 12.5. The van der Waals surface area contributed by atoms with Crippen LogP contribution in [0.15, 0.2) is 36.5 Å². The highest BCUT2D eigenvalue weighted by atomic mass is 35.5. The van der Waals surface area contributed by atoms with E-state index < -0.39 is 18.0 Å². The summed E-state index contributed by atoms with van der Waals surface area (Å²) in [6.07, 6.45) is 0.489. The van der Waals surface area contributed by atoms with E-state index in [0.29, 0.717) is 12.2 Å². The highest BCUT2D eigenvalue weighted by Crippen LogP contribution is 2.45. The molecule has 1 N–H and O–H groups in total. The molecule has 2 aromatic heterocycles. The third kappa shape index (κ3) is 4.43. The number of alkyl halides is 2. The maximum atomic E-state index is 13.1. The Hall–Kier alpha value is -2.45. The Balaban J connectivity index is 1.47. The molecule has 6 nitrogen and oxygen atoms in total. The van der Waals surface area contributed by atoms with E-state index in [4.69, 9.17) is 23.2 Å². The van der Waals surface area contributed by atoms with Gasteiger partial charge < -0.3 is 5.32 Å². The van der Waals surface area contributed by atoms with E-state index >= 15 is 0 Å². The maximum absolute atomic E-state index is 13.1. The van der Waals surface area contributed by atoms with Crippen molar-refractivity contribution in [3.8, 4) is 0 Å². The molecule has 0 radical (unpaired) electrons. The first kappa shape index (κ1) is 19.8. The number of benzene rings is 1. The van der Waals surface area contributed by atoms with Gasteiger partial charge in [-0.3, -0.25) is 14.2 Å². The molecule has 2 heterocycles. The lowest BCUT2D eigenvalue weighted by Gasteiger charge is -2.07. The molecule has 0 saturated heterocycles. The third-order valence-electron chi connectivity index (χ3n) is 4.58. The number of aromatic nitrogens is 4. The van der Waals surface area contributed by atoms with Crippen LogP contribution in [0.1, 0.15) is 42.1 Å². The summed E-state index contributed by atoms with van der Waals surface area (Å²) in [5.74, 6) is -0.212. The van der Waals surface area contributed by atoms with Crippen LogP contribution in [0, 0.1) is 0 Å². The van der Waals surface area contributed by atoms with Crippen molar-refractivity contribution in [1.29, 1.82) is 0 Å². The molecular weight excluding hydrogens is 423 g/mol. The largest absolute Gasteiger partial charge is 0.306 e. The molecule has 4 rings (SSSR count). The van der Waals surface area contributed by atoms with Gasteiger partial charge in [0, 0.05) is 12.1 Å². The summed E-state index contributed by atoms with van der Waals surface area (Å²) < 4.78 is 29.1. The normalized spacial score (nSPS) is 13.8. The molecule has 1 aliphatic rings. The number of anilines is 1. The fraction of sp³-hybridized carbons (Fsp3) is 0.316. The molecule has 152 valence electrons. The highest BCUT2D eigenvalue weighted by molar-refractivity contribution is 6.33. The fourth-order valence-corrected chi connectivity index (χ4v) is 3.69. The summed E-state index contributed by atoms with van der Waals surface area (Å²) in [5.41, 5.74) is 1.02. The average Bonchev–Trinajstić information content (AvgIpc) is 3.37. The van der Waals surface area contributed by atoms with Crippen molar-refractivity contribution < 1.29 is 13.6 Å². The Bertz CT molecular complexity index is 1030. The molecule has 10 heteroatoms. The maximum Gasteiger partial charge on any atom is 0.283 e. The molecule has 1 amide bonds. The number of hydrogen-bond acceptors (Lipinski definition) is 3. The van der Waals surface area contributed by atoms with Gasteiger partial charge in [-0.25, -0.2) is 8.78 Å². The molecule has 0 aliphatic heterocycles. The van der Waals surface area contributed by atoms with Crippen molar-refractivity contribution in [3.05, 3.63) is 63.5 Å². The van der Waals surface area contributed by atoms with E-state index in [9.17, 15) is 13.6 Å². The second-order valence-electron chi connectivity index (χ2n) is 6.87. The Labute approximate surface area is 175 Å². The predicted molar refractivity (Wildman–Crippen MR) is 106 cm³/mol. The number of carbonyl (C=O) groups excluding carboxylic acids is 1. The lowest BCUT2D eigenvalue weighted by Crippen LogP contribution is -2.21. The van der Waals surface area contributed by atoms with Gasteiger partial charge in [0.15, 0.2) is 5.82 Å². The number of rotatable bonds is 7. The van der Waals surface area contributed by atoms with Crippen LogP contribution in [0.2, 0.25) is 10.0 Å². The number of carbonyl (C=O) groups is 1. The van der Waals surface area contributed by atoms with E-state index in [1.165, 1.54) is 4.68 Å². The smallest absolute Gasteiger partial charge is 0.283 e. The summed E-state index contributed by atoms with van der Waals surface area (Å²) in [6, 6.07) is 9.67. The SMILES string of the molecule is O=C(Cn1nc(C(F)F)c(Cl)c1C1CC1)Nc1nn(Cc2ccccc2)cc1Cl. The van der Waals surface area contributed by atoms with Crippen molar-refractivity contribution >= 4 is 34.9 Å². The molecule has 0 bridgehead atoms. The quantitative estimate of drug-likeness (QED) is 0.569. The summed E-state index contributed by atoms with van der Waals surface area (Å²) in [6.45, 7) is 0.245. The van der Waals surface area contributed by atoms with Gasteiger partial charge in [0.2, 0.25) is 5.91 Å². The molecule has 1 saturated carbocycles. The Morgan fingerprint density at radius 3 is 2.59 bits per heavy atom. The molecule has 29 heavy (non-hydrogen) atoms. The minimum Gasteiger partial charge on any atom is -0.306 e. The van der Waals surface area contributed by atoms with Crippen LogP contribution in [0.25, 0.3) is 0 Å². The molecule has 0 unspecified atom stereocenters. The number of hydrogen-bond donors (Lipinski definition) is 1. The topological polar surface area (TPSA) is 64.7 Å². The average molecular weight is 440 g/mol. The van der Waals surface area contributed by atoms with Crippen molar-refractivity contribution in [2.24, 2.45) is 0 Å². The second-order valence-corrected chi connectivity index (χ2v) is 7.66. The monoisotopic (exact) mass is 439 g/mol. The van der Waals surface area contributed by atoms with E-state index in [0.717, 1.165) is 18.4 Å². The molecule has 0 spiro atoms. The van der Waals surface area contributed by atoms with E-state index in [2.05, 4.69) is 15.5 Å². The molecule has 0 atom stereocenters. The van der Waals surface area contributed by atoms with Gasteiger partial charge in [-0.1, -0.05) is 53.5 Å². The van der Waals surface area contributed by atoms with Gasteiger partial charge >= 0.3 is 0 Å². The second kappa shape index (κ2) is 8.12. The number of nitrogens with zero attached hydrogens (tertiary/aromatic N) is 4.